The van der Waals surface area contributed by atoms with Gasteiger partial charge in [-0.2, -0.15) is 5.26 Å². The average molecular weight is 438 g/mol. The van der Waals surface area contributed by atoms with Gasteiger partial charge >= 0.3 is 6.09 Å². The minimum atomic E-state index is -1.23. The highest BCUT2D eigenvalue weighted by molar-refractivity contribution is 5.93. The van der Waals surface area contributed by atoms with Gasteiger partial charge in [0, 0.05) is 30.9 Å². The smallest absolute Gasteiger partial charge is 0.405 e. The van der Waals surface area contributed by atoms with Crippen LogP contribution in [-0.2, 0) is 9.59 Å². The second-order valence-corrected chi connectivity index (χ2v) is 9.48. The summed E-state index contributed by atoms with van der Waals surface area (Å²) >= 11 is 0. The molecule has 1 aromatic heterocycles. The fourth-order valence-electron chi connectivity index (χ4n) is 6.21. The monoisotopic (exact) mass is 437 g/mol. The number of carbonyl (C=O) groups excluding carboxylic acids is 2. The molecule has 1 saturated carbocycles. The molecule has 32 heavy (non-hydrogen) atoms. The molecule has 9 nitrogen and oxygen atoms in total. The van der Waals surface area contributed by atoms with Gasteiger partial charge in [0.2, 0.25) is 11.8 Å². The fraction of sp³-hybridized carbons (Fsp3) is 0.609. The van der Waals surface area contributed by atoms with Crippen molar-refractivity contribution in [2.75, 3.05) is 6.54 Å². The van der Waals surface area contributed by atoms with Crippen LogP contribution in [0, 0.1) is 17.2 Å². The Morgan fingerprint density at radius 1 is 1.25 bits per heavy atom. The van der Waals surface area contributed by atoms with Gasteiger partial charge in [-0.25, -0.2) is 4.79 Å². The molecule has 3 aliphatic heterocycles. The lowest BCUT2D eigenvalue weighted by Gasteiger charge is -2.35. The Labute approximate surface area is 186 Å². The molecule has 0 unspecified atom stereocenters. The van der Waals surface area contributed by atoms with Crippen LogP contribution in [0.3, 0.4) is 0 Å². The summed E-state index contributed by atoms with van der Waals surface area (Å²) in [6, 6.07) is 4.84. The highest BCUT2D eigenvalue weighted by atomic mass is 16.4. The van der Waals surface area contributed by atoms with Crippen LogP contribution in [0.2, 0.25) is 0 Å². The van der Waals surface area contributed by atoms with Crippen molar-refractivity contribution in [1.29, 1.82) is 5.26 Å². The Morgan fingerprint density at radius 2 is 2.06 bits per heavy atom. The van der Waals surface area contributed by atoms with E-state index in [0.717, 1.165) is 37.7 Å². The van der Waals surface area contributed by atoms with Crippen LogP contribution < -0.4 is 5.32 Å². The number of amides is 3. The first-order valence-electron chi connectivity index (χ1n) is 11.4. The van der Waals surface area contributed by atoms with Gasteiger partial charge in [0.25, 0.3) is 0 Å². The third-order valence-electron chi connectivity index (χ3n) is 7.85. The minimum Gasteiger partial charge on any atom is -0.465 e. The second kappa shape index (κ2) is 7.76. The van der Waals surface area contributed by atoms with E-state index in [4.69, 9.17) is 5.11 Å². The molecule has 1 aromatic rings. The van der Waals surface area contributed by atoms with Crippen molar-refractivity contribution in [3.63, 3.8) is 0 Å². The fourth-order valence-corrected chi connectivity index (χ4v) is 6.21. The third kappa shape index (κ3) is 3.20. The topological polar surface area (TPSA) is 127 Å². The number of aromatic nitrogens is 1. The summed E-state index contributed by atoms with van der Waals surface area (Å²) in [6.07, 6.45) is 7.12. The summed E-state index contributed by atoms with van der Waals surface area (Å²) in [6.45, 7) is 0.447. The molecule has 0 bridgehead atoms. The molecule has 168 valence electrons. The van der Waals surface area contributed by atoms with E-state index in [0.29, 0.717) is 19.4 Å². The first-order chi connectivity index (χ1) is 15.5. The van der Waals surface area contributed by atoms with E-state index in [9.17, 15) is 19.6 Å². The van der Waals surface area contributed by atoms with Crippen LogP contribution in [0.5, 0.6) is 0 Å². The molecule has 2 N–H and O–H groups in total. The Hall–Kier alpha value is -3.15. The lowest BCUT2D eigenvalue weighted by atomic mass is 9.85. The van der Waals surface area contributed by atoms with Crippen molar-refractivity contribution in [3.05, 3.63) is 30.1 Å². The van der Waals surface area contributed by atoms with Crippen molar-refractivity contribution in [3.8, 4) is 6.07 Å². The Morgan fingerprint density at radius 3 is 2.72 bits per heavy atom. The van der Waals surface area contributed by atoms with Crippen molar-refractivity contribution in [2.45, 2.75) is 74.5 Å². The molecule has 3 saturated heterocycles. The maximum absolute atomic E-state index is 13.9. The summed E-state index contributed by atoms with van der Waals surface area (Å²) < 4.78 is 0. The van der Waals surface area contributed by atoms with E-state index in [2.05, 4.69) is 16.4 Å². The number of fused-ring (bicyclic) bond motifs is 1. The van der Waals surface area contributed by atoms with Gasteiger partial charge in [0.1, 0.15) is 12.1 Å². The van der Waals surface area contributed by atoms with Crippen LogP contribution in [0.25, 0.3) is 0 Å². The van der Waals surface area contributed by atoms with E-state index in [1.165, 1.54) is 0 Å². The predicted octanol–water partition coefficient (Wildman–Crippen LogP) is 1.86. The molecule has 9 heteroatoms. The zero-order valence-corrected chi connectivity index (χ0v) is 17.8. The largest absolute Gasteiger partial charge is 0.465 e. The first-order valence-corrected chi connectivity index (χ1v) is 11.4. The number of pyridine rings is 1. The minimum absolute atomic E-state index is 0.0318. The summed E-state index contributed by atoms with van der Waals surface area (Å²) in [4.78, 5) is 46.0. The molecule has 4 fully saturated rings. The number of hydrogen-bond acceptors (Lipinski definition) is 5. The van der Waals surface area contributed by atoms with Crippen LogP contribution in [-0.4, -0.2) is 68.0 Å². The van der Waals surface area contributed by atoms with E-state index in [-0.39, 0.29) is 29.7 Å². The van der Waals surface area contributed by atoms with Crippen LogP contribution in [0.15, 0.2) is 24.5 Å². The lowest BCUT2D eigenvalue weighted by molar-refractivity contribution is -0.147. The number of carboxylic acid groups (broad SMARTS) is 1. The number of nitriles is 1. The number of nitrogens with zero attached hydrogens (tertiary/aromatic N) is 4. The van der Waals surface area contributed by atoms with Gasteiger partial charge in [-0.1, -0.05) is 6.07 Å². The number of nitrogens with one attached hydrogen (secondary N) is 1. The van der Waals surface area contributed by atoms with Crippen LogP contribution >= 0.6 is 0 Å². The van der Waals surface area contributed by atoms with Gasteiger partial charge < -0.3 is 20.2 Å². The van der Waals surface area contributed by atoms with E-state index in [1.807, 2.05) is 17.0 Å². The average Bonchev–Trinajstić information content (AvgIpc) is 3.38. The van der Waals surface area contributed by atoms with Gasteiger partial charge in [-0.3, -0.25) is 14.6 Å². The zero-order chi connectivity index (χ0) is 22.5. The molecule has 3 amide bonds. The lowest BCUT2D eigenvalue weighted by Crippen LogP contribution is -2.56. The van der Waals surface area contributed by atoms with Crippen molar-refractivity contribution in [1.82, 2.24) is 20.1 Å². The zero-order valence-electron chi connectivity index (χ0n) is 17.8. The van der Waals surface area contributed by atoms with Gasteiger partial charge in [0.15, 0.2) is 0 Å². The Kier molecular flexibility index (Phi) is 5.03. The second-order valence-electron chi connectivity index (χ2n) is 9.48. The molecule has 0 aromatic carbocycles. The molecule has 1 aliphatic carbocycles. The summed E-state index contributed by atoms with van der Waals surface area (Å²) in [5.74, 6) is -0.788. The summed E-state index contributed by atoms with van der Waals surface area (Å²) in [5.41, 5.74) is 0.499. The van der Waals surface area contributed by atoms with Crippen molar-refractivity contribution >= 4 is 17.9 Å². The van der Waals surface area contributed by atoms with Gasteiger partial charge in [-0.05, 0) is 56.6 Å². The van der Waals surface area contributed by atoms with Crippen LogP contribution in [0.1, 0.15) is 56.4 Å². The third-order valence-corrected chi connectivity index (χ3v) is 7.85. The van der Waals surface area contributed by atoms with Crippen molar-refractivity contribution < 1.29 is 19.5 Å². The van der Waals surface area contributed by atoms with E-state index in [1.54, 1.807) is 17.3 Å². The maximum atomic E-state index is 13.9. The number of hydrogen-bond donors (Lipinski definition) is 2. The van der Waals surface area contributed by atoms with Crippen LogP contribution in [0.4, 0.5) is 4.79 Å². The standard InChI is InChI=1S/C23H27N5O4/c24-11-17-16(14-3-2-10-25-12-14)13-27(23(17)8-9-23)21(30)19-7-6-15-4-1-5-18(26-22(31)32)20(29)28(15)19/h2-3,10,12,15-19,26H,1,4-9,13H2,(H,31,32)/t15-,16+,17+,18-,19-/m0/s1. The van der Waals surface area contributed by atoms with E-state index < -0.39 is 23.7 Å². The molecule has 5 atom stereocenters. The predicted molar refractivity (Wildman–Crippen MR) is 112 cm³/mol. The maximum Gasteiger partial charge on any atom is 0.405 e. The normalized spacial score (nSPS) is 32.8. The molecule has 4 heterocycles. The quantitative estimate of drug-likeness (QED) is 0.743. The molecular weight excluding hydrogens is 410 g/mol. The highest BCUT2D eigenvalue weighted by Crippen LogP contribution is 2.58. The number of likely N-dealkylation sites (tertiary alicyclic amines) is 1. The summed E-state index contributed by atoms with van der Waals surface area (Å²) in [5, 5.41) is 21.5. The Balaban J connectivity index is 1.42. The van der Waals surface area contributed by atoms with E-state index >= 15 is 0 Å². The molecule has 4 aliphatic rings. The van der Waals surface area contributed by atoms with Crippen molar-refractivity contribution in [2.24, 2.45) is 5.92 Å². The first kappa shape index (κ1) is 20.7. The molecule has 0 radical (unpaired) electrons. The molecular formula is C23H27N5O4. The Bertz CT molecular complexity index is 972. The summed E-state index contributed by atoms with van der Waals surface area (Å²) in [7, 11) is 0. The SMILES string of the molecule is N#C[C@@H]1[C@@H](c2cccnc2)CN(C(=O)[C@@H]2CC[C@@H]3CCC[C@H](NC(=O)O)C(=O)N32)C12CC2. The molecule has 5 rings (SSSR count). The number of rotatable bonds is 3. The highest BCUT2D eigenvalue weighted by Gasteiger charge is 2.64. The van der Waals surface area contributed by atoms with Gasteiger partial charge in [0.05, 0.1) is 17.5 Å². The molecule has 1 spiro atoms. The van der Waals surface area contributed by atoms with Gasteiger partial charge in [-0.15, -0.1) is 0 Å². The number of carbonyl (C=O) groups is 3.